The summed E-state index contributed by atoms with van der Waals surface area (Å²) in [4.78, 5) is 4.38. The molecule has 0 aliphatic carbocycles. The first kappa shape index (κ1) is 10.8. The van der Waals surface area contributed by atoms with Crippen molar-refractivity contribution in [3.05, 3.63) is 64.4 Å². The molecule has 1 aliphatic rings. The predicted molar refractivity (Wildman–Crippen MR) is 68.2 cm³/mol. The van der Waals surface area contributed by atoms with Crippen molar-refractivity contribution in [2.75, 3.05) is 6.54 Å². The van der Waals surface area contributed by atoms with Gasteiger partial charge in [-0.25, -0.2) is 5.32 Å². The lowest BCUT2D eigenvalue weighted by molar-refractivity contribution is 0.544. The Morgan fingerprint density at radius 1 is 1.18 bits per heavy atom. The van der Waals surface area contributed by atoms with E-state index in [9.17, 15) is 0 Å². The van der Waals surface area contributed by atoms with Crippen LogP contribution in [0.25, 0.3) is 0 Å². The van der Waals surface area contributed by atoms with Gasteiger partial charge >= 0.3 is 0 Å². The Hall–Kier alpha value is -1.38. The minimum Gasteiger partial charge on any atom is -0.259 e. The van der Waals surface area contributed by atoms with Crippen LogP contribution >= 0.6 is 11.6 Å². The van der Waals surface area contributed by atoms with E-state index in [-0.39, 0.29) is 6.04 Å². The lowest BCUT2D eigenvalue weighted by Gasteiger charge is -2.24. The molecule has 0 fully saturated rings. The molecule has 2 heterocycles. The molecular formula is C14H12ClN2. The fraction of sp³-hybridized carbons (Fsp3) is 0.214. The summed E-state index contributed by atoms with van der Waals surface area (Å²) in [7, 11) is 0. The Labute approximate surface area is 106 Å². The molecule has 1 unspecified atom stereocenters. The summed E-state index contributed by atoms with van der Waals surface area (Å²) in [6, 6.07) is 12.2. The quantitative estimate of drug-likeness (QED) is 0.757. The third-order valence-electron chi connectivity index (χ3n) is 3.07. The number of pyridine rings is 1. The van der Waals surface area contributed by atoms with Gasteiger partial charge in [0.15, 0.2) is 0 Å². The molecule has 17 heavy (non-hydrogen) atoms. The van der Waals surface area contributed by atoms with Gasteiger partial charge in [-0.15, -0.1) is 0 Å². The summed E-state index contributed by atoms with van der Waals surface area (Å²) in [6.07, 6.45) is 2.76. The second-order valence-electron chi connectivity index (χ2n) is 4.16. The average Bonchev–Trinajstić information content (AvgIpc) is 2.38. The molecule has 0 saturated heterocycles. The molecule has 0 bridgehead atoms. The standard InChI is InChI=1S/C14H12ClN2/c15-11-6-8-16-13(9-11)14-12-4-2-1-3-10(12)5-7-17-14/h1-4,6,8-9,14H,5,7H2. The van der Waals surface area contributed by atoms with Crippen molar-refractivity contribution in [3.63, 3.8) is 0 Å². The maximum Gasteiger partial charge on any atom is 0.0920 e. The van der Waals surface area contributed by atoms with E-state index in [1.807, 2.05) is 6.07 Å². The molecule has 1 atom stereocenters. The van der Waals surface area contributed by atoms with Crippen LogP contribution in [-0.2, 0) is 6.42 Å². The van der Waals surface area contributed by atoms with Crippen LogP contribution in [0.5, 0.6) is 0 Å². The highest BCUT2D eigenvalue weighted by Gasteiger charge is 2.22. The summed E-state index contributed by atoms with van der Waals surface area (Å²) >= 11 is 6.01. The molecule has 2 aromatic rings. The highest BCUT2D eigenvalue weighted by molar-refractivity contribution is 6.30. The maximum atomic E-state index is 6.01. The Bertz CT molecular complexity index is 539. The zero-order valence-electron chi connectivity index (χ0n) is 9.31. The minimum absolute atomic E-state index is 0.0404. The summed E-state index contributed by atoms with van der Waals surface area (Å²) in [5, 5.41) is 5.38. The number of hydrogen-bond donors (Lipinski definition) is 0. The first-order valence-corrected chi connectivity index (χ1v) is 6.08. The second-order valence-corrected chi connectivity index (χ2v) is 4.59. The molecule has 2 nitrogen and oxygen atoms in total. The number of hydrogen-bond acceptors (Lipinski definition) is 1. The number of benzene rings is 1. The van der Waals surface area contributed by atoms with E-state index in [0.717, 1.165) is 18.7 Å². The van der Waals surface area contributed by atoms with Crippen LogP contribution in [0.1, 0.15) is 22.9 Å². The van der Waals surface area contributed by atoms with Crippen LogP contribution < -0.4 is 5.32 Å². The fourth-order valence-corrected chi connectivity index (χ4v) is 2.43. The zero-order chi connectivity index (χ0) is 11.7. The maximum absolute atomic E-state index is 6.01. The molecule has 3 rings (SSSR count). The molecule has 1 aromatic carbocycles. The first-order chi connectivity index (χ1) is 8.34. The van der Waals surface area contributed by atoms with E-state index in [1.54, 1.807) is 12.3 Å². The predicted octanol–water partition coefficient (Wildman–Crippen LogP) is 2.98. The Morgan fingerprint density at radius 2 is 2.06 bits per heavy atom. The van der Waals surface area contributed by atoms with Gasteiger partial charge in [0.2, 0.25) is 0 Å². The number of fused-ring (bicyclic) bond motifs is 1. The molecule has 1 aromatic heterocycles. The van der Waals surface area contributed by atoms with Crippen LogP contribution in [0.3, 0.4) is 0 Å². The minimum atomic E-state index is 0.0404. The number of rotatable bonds is 1. The van der Waals surface area contributed by atoms with E-state index in [0.29, 0.717) is 5.02 Å². The van der Waals surface area contributed by atoms with Gasteiger partial charge in [0, 0.05) is 17.8 Å². The van der Waals surface area contributed by atoms with E-state index in [2.05, 4.69) is 34.6 Å². The van der Waals surface area contributed by atoms with Gasteiger partial charge in [-0.3, -0.25) is 4.98 Å². The molecule has 1 aliphatic heterocycles. The van der Waals surface area contributed by atoms with Crippen molar-refractivity contribution in [1.29, 1.82) is 0 Å². The molecular weight excluding hydrogens is 232 g/mol. The Morgan fingerprint density at radius 3 is 2.94 bits per heavy atom. The highest BCUT2D eigenvalue weighted by atomic mass is 35.5. The number of nitrogens with zero attached hydrogens (tertiary/aromatic N) is 2. The van der Waals surface area contributed by atoms with Crippen LogP contribution in [0.15, 0.2) is 42.6 Å². The number of aromatic nitrogens is 1. The summed E-state index contributed by atoms with van der Waals surface area (Å²) < 4.78 is 0. The SMILES string of the molecule is Clc1ccnc(C2[N]CCc3ccccc32)c1. The topological polar surface area (TPSA) is 27.0 Å². The fourth-order valence-electron chi connectivity index (χ4n) is 2.26. The molecule has 1 radical (unpaired) electrons. The molecule has 0 N–H and O–H groups in total. The summed E-state index contributed by atoms with van der Waals surface area (Å²) in [5.41, 5.74) is 3.56. The lowest BCUT2D eigenvalue weighted by atomic mass is 9.92. The Balaban J connectivity index is 2.06. The van der Waals surface area contributed by atoms with Crippen molar-refractivity contribution in [2.45, 2.75) is 12.5 Å². The van der Waals surface area contributed by atoms with Gasteiger partial charge in [0.25, 0.3) is 0 Å². The monoisotopic (exact) mass is 243 g/mol. The van der Waals surface area contributed by atoms with E-state index < -0.39 is 0 Å². The third-order valence-corrected chi connectivity index (χ3v) is 3.30. The lowest BCUT2D eigenvalue weighted by Crippen LogP contribution is -2.25. The normalized spacial score (nSPS) is 18.8. The number of halogens is 1. The van der Waals surface area contributed by atoms with Gasteiger partial charge in [-0.1, -0.05) is 35.9 Å². The third kappa shape index (κ3) is 2.06. The second kappa shape index (κ2) is 4.47. The van der Waals surface area contributed by atoms with Crippen molar-refractivity contribution in [2.24, 2.45) is 0 Å². The van der Waals surface area contributed by atoms with Gasteiger partial charge < -0.3 is 0 Å². The van der Waals surface area contributed by atoms with Gasteiger partial charge in [-0.2, -0.15) is 0 Å². The zero-order valence-corrected chi connectivity index (χ0v) is 10.1. The first-order valence-electron chi connectivity index (χ1n) is 5.70. The Kier molecular flexibility index (Phi) is 2.83. The molecule has 3 heteroatoms. The van der Waals surface area contributed by atoms with Crippen molar-refractivity contribution in [1.82, 2.24) is 10.3 Å². The average molecular weight is 244 g/mol. The van der Waals surface area contributed by atoms with Gasteiger partial charge in [0.1, 0.15) is 0 Å². The van der Waals surface area contributed by atoms with E-state index >= 15 is 0 Å². The van der Waals surface area contributed by atoms with Crippen molar-refractivity contribution >= 4 is 11.6 Å². The van der Waals surface area contributed by atoms with Gasteiger partial charge in [-0.05, 0) is 29.7 Å². The van der Waals surface area contributed by atoms with Crippen LogP contribution in [0.4, 0.5) is 0 Å². The van der Waals surface area contributed by atoms with Crippen molar-refractivity contribution < 1.29 is 0 Å². The van der Waals surface area contributed by atoms with Crippen LogP contribution in [0.2, 0.25) is 5.02 Å². The van der Waals surface area contributed by atoms with Crippen LogP contribution in [0, 0.1) is 0 Å². The molecule has 0 amide bonds. The van der Waals surface area contributed by atoms with Crippen LogP contribution in [-0.4, -0.2) is 11.5 Å². The largest absolute Gasteiger partial charge is 0.259 e. The molecule has 85 valence electrons. The summed E-state index contributed by atoms with van der Waals surface area (Å²) in [5.74, 6) is 0. The molecule has 0 spiro atoms. The van der Waals surface area contributed by atoms with E-state index in [1.165, 1.54) is 11.1 Å². The van der Waals surface area contributed by atoms with Gasteiger partial charge in [0.05, 0.1) is 11.7 Å². The van der Waals surface area contributed by atoms with E-state index in [4.69, 9.17) is 11.6 Å². The van der Waals surface area contributed by atoms with Crippen molar-refractivity contribution in [3.8, 4) is 0 Å². The highest BCUT2D eigenvalue weighted by Crippen LogP contribution is 2.29. The summed E-state index contributed by atoms with van der Waals surface area (Å²) in [6.45, 7) is 0.857. The molecule has 0 saturated carbocycles. The smallest absolute Gasteiger partial charge is 0.0920 e.